The Morgan fingerprint density at radius 2 is 2.31 bits per heavy atom. The van der Waals surface area contributed by atoms with Crippen LogP contribution in [-0.2, 0) is 0 Å². The van der Waals surface area contributed by atoms with E-state index in [0.29, 0.717) is 0 Å². The first-order valence-electron chi connectivity index (χ1n) is 3.09. The van der Waals surface area contributed by atoms with Crippen molar-refractivity contribution < 1.29 is 4.42 Å². The van der Waals surface area contributed by atoms with E-state index in [9.17, 15) is 4.79 Å². The molecule has 0 amide bonds. The zero-order valence-electron chi connectivity index (χ0n) is 5.94. The highest BCUT2D eigenvalue weighted by atomic mass is 35.5. The molecule has 0 aromatic rings. The molecule has 64 valence electrons. The molecule has 0 N–H and O–H groups in total. The summed E-state index contributed by atoms with van der Waals surface area (Å²) in [6.07, 6.45) is 0. The molecule has 0 aliphatic carbocycles. The quantitative estimate of drug-likeness (QED) is 0.655. The fourth-order valence-corrected chi connectivity index (χ4v) is 1.57. The van der Waals surface area contributed by atoms with Gasteiger partial charge in [-0.3, -0.25) is 0 Å². The molecule has 2 aliphatic heterocycles. The van der Waals surface area contributed by atoms with E-state index in [1.807, 2.05) is 0 Å². The molecule has 0 aromatic carbocycles. The number of hydrogen-bond donors (Lipinski definition) is 0. The molecule has 0 spiro atoms. The number of hydrogen-bond acceptors (Lipinski definition) is 6. The lowest BCUT2D eigenvalue weighted by atomic mass is 10.2. The molecule has 0 unspecified atom stereocenters. The lowest BCUT2D eigenvalue weighted by Crippen LogP contribution is -1.95. The Balaban J connectivity index is 2.96. The summed E-state index contributed by atoms with van der Waals surface area (Å²) in [5, 5.41) is 8.68. The predicted molar refractivity (Wildman–Crippen MR) is 44.8 cm³/mol. The maximum atomic E-state index is 11.0. The molecule has 7 heteroatoms. The van der Waals surface area contributed by atoms with Gasteiger partial charge in [0.15, 0.2) is 10.7 Å². The van der Waals surface area contributed by atoms with E-state index >= 15 is 0 Å². The van der Waals surface area contributed by atoms with E-state index in [1.165, 1.54) is 0 Å². The van der Waals surface area contributed by atoms with Crippen LogP contribution >= 0.6 is 23.3 Å². The Morgan fingerprint density at radius 1 is 1.54 bits per heavy atom. The Morgan fingerprint density at radius 3 is 3.00 bits per heavy atom. The van der Waals surface area contributed by atoms with Gasteiger partial charge >= 0.3 is 5.63 Å². The molecule has 2 aliphatic rings. The van der Waals surface area contributed by atoms with Crippen LogP contribution in [-0.4, -0.2) is 8.75 Å². The fraction of sp³-hybridized carbons (Fsp3) is 0. The number of rotatable bonds is 0. The van der Waals surface area contributed by atoms with E-state index in [2.05, 4.69) is 13.2 Å². The summed E-state index contributed by atoms with van der Waals surface area (Å²) in [5.41, 5.74) is -0.687. The van der Waals surface area contributed by atoms with Crippen molar-refractivity contribution in [1.29, 1.82) is 5.26 Å². The van der Waals surface area contributed by atoms with Gasteiger partial charge in [0.05, 0.1) is 11.7 Å². The summed E-state index contributed by atoms with van der Waals surface area (Å²) in [6, 6.07) is 1.69. The highest BCUT2D eigenvalue weighted by Crippen LogP contribution is 2.28. The molecule has 0 radical (unpaired) electrons. The maximum Gasteiger partial charge on any atom is 0.356 e. The smallest absolute Gasteiger partial charge is 0.356 e. The number of furan rings is 1. The van der Waals surface area contributed by atoms with E-state index in [-0.39, 0.29) is 22.2 Å². The Labute approximate surface area is 80.9 Å². The third kappa shape index (κ3) is 1.09. The van der Waals surface area contributed by atoms with Crippen LogP contribution in [0.4, 0.5) is 0 Å². The number of aromatic nitrogens is 2. The van der Waals surface area contributed by atoms with Crippen LogP contribution in [0.1, 0.15) is 5.56 Å². The van der Waals surface area contributed by atoms with Gasteiger partial charge in [0.2, 0.25) is 5.89 Å². The van der Waals surface area contributed by atoms with Crippen LogP contribution in [0.25, 0.3) is 11.5 Å². The van der Waals surface area contributed by atoms with Crippen molar-refractivity contribution in [2.24, 2.45) is 0 Å². The summed E-state index contributed by atoms with van der Waals surface area (Å²) in [5.74, 6) is 0.0616. The van der Waals surface area contributed by atoms with Gasteiger partial charge in [0.25, 0.3) is 0 Å². The summed E-state index contributed by atoms with van der Waals surface area (Å²) in [4.78, 5) is 11.0. The van der Waals surface area contributed by atoms with E-state index in [1.54, 1.807) is 6.07 Å². The largest absolute Gasteiger partial charge is 0.401 e. The Bertz CT molecular complexity index is 526. The third-order valence-electron chi connectivity index (χ3n) is 1.42. The van der Waals surface area contributed by atoms with Gasteiger partial charge in [-0.1, -0.05) is 11.6 Å². The molecular weight excluding hydrogens is 214 g/mol. The van der Waals surface area contributed by atoms with Crippen LogP contribution in [0.3, 0.4) is 0 Å². The van der Waals surface area contributed by atoms with Crippen molar-refractivity contribution in [2.75, 3.05) is 0 Å². The molecule has 0 saturated heterocycles. The van der Waals surface area contributed by atoms with E-state index in [0.717, 1.165) is 11.7 Å². The maximum absolute atomic E-state index is 11.0. The Hall–Kier alpha value is -1.45. The predicted octanol–water partition coefficient (Wildman–Crippen LogP) is 1.12. The molecule has 0 saturated carbocycles. The molecule has 0 atom stereocenters. The normalized spacial score (nSPS) is 10.2. The van der Waals surface area contributed by atoms with Crippen LogP contribution < -0.4 is 5.63 Å². The summed E-state index contributed by atoms with van der Waals surface area (Å²) < 4.78 is 12.0. The molecule has 2 heterocycles. The highest BCUT2D eigenvalue weighted by Gasteiger charge is 2.23. The summed E-state index contributed by atoms with van der Waals surface area (Å²) >= 11 is 6.48. The second-order valence-corrected chi connectivity index (χ2v) is 3.00. The topological polar surface area (TPSA) is 79.8 Å². The minimum Gasteiger partial charge on any atom is -0.401 e. The first-order valence-corrected chi connectivity index (χ1v) is 4.20. The van der Waals surface area contributed by atoms with Gasteiger partial charge in [0.1, 0.15) is 11.6 Å². The van der Waals surface area contributed by atoms with Gasteiger partial charge in [-0.25, -0.2) is 4.79 Å². The lowest BCUT2D eigenvalue weighted by molar-refractivity contribution is 0.532. The SMILES string of the molecule is N#Cc1c2c(Cl)nsnc-2oc1=O. The number of nitriles is 1. The number of fused-ring (bicyclic) bond motifs is 1. The van der Waals surface area contributed by atoms with Crippen LogP contribution in [0.15, 0.2) is 9.21 Å². The van der Waals surface area contributed by atoms with Gasteiger partial charge in [-0.05, 0) is 0 Å². The molecule has 5 nitrogen and oxygen atoms in total. The minimum atomic E-state index is -0.730. The second-order valence-electron chi connectivity index (χ2n) is 2.11. The van der Waals surface area contributed by atoms with Gasteiger partial charge in [-0.2, -0.15) is 9.64 Å². The molecular formula is C6ClN3O2S. The molecule has 2 rings (SSSR count). The lowest BCUT2D eigenvalue weighted by Gasteiger charge is -1.92. The molecule has 0 aromatic heterocycles. The number of nitrogens with zero attached hydrogens (tertiary/aromatic N) is 3. The second kappa shape index (κ2) is 2.80. The monoisotopic (exact) mass is 213 g/mol. The first kappa shape index (κ1) is 8.16. The average Bonchev–Trinajstić information content (AvgIpc) is 2.42. The van der Waals surface area contributed by atoms with Crippen LogP contribution in [0.5, 0.6) is 0 Å². The van der Waals surface area contributed by atoms with Crippen molar-refractivity contribution in [1.82, 2.24) is 8.75 Å². The van der Waals surface area contributed by atoms with Gasteiger partial charge in [0, 0.05) is 0 Å². The van der Waals surface area contributed by atoms with Crippen molar-refractivity contribution in [2.45, 2.75) is 0 Å². The molecule has 0 bridgehead atoms. The van der Waals surface area contributed by atoms with Crippen molar-refractivity contribution in [3.05, 3.63) is 21.1 Å². The Kier molecular flexibility index (Phi) is 1.76. The van der Waals surface area contributed by atoms with Gasteiger partial charge < -0.3 is 4.42 Å². The van der Waals surface area contributed by atoms with Crippen LogP contribution in [0.2, 0.25) is 5.15 Å². The average molecular weight is 214 g/mol. The standard InChI is InChI=1S/C6ClN3O2S/c7-4-3-2(1-8)6(11)12-5(3)10-13-9-4. The summed E-state index contributed by atoms with van der Waals surface area (Å²) in [7, 11) is 0. The fourth-order valence-electron chi connectivity index (χ4n) is 0.895. The first-order chi connectivity index (χ1) is 6.24. The van der Waals surface area contributed by atoms with Gasteiger partial charge in [-0.15, -0.1) is 4.37 Å². The third-order valence-corrected chi connectivity index (χ3v) is 2.31. The molecule has 13 heavy (non-hydrogen) atoms. The zero-order valence-corrected chi connectivity index (χ0v) is 7.52. The van der Waals surface area contributed by atoms with E-state index in [4.69, 9.17) is 16.9 Å². The van der Waals surface area contributed by atoms with E-state index < -0.39 is 5.63 Å². The highest BCUT2D eigenvalue weighted by molar-refractivity contribution is 6.99. The van der Waals surface area contributed by atoms with Crippen molar-refractivity contribution in [3.63, 3.8) is 0 Å². The van der Waals surface area contributed by atoms with Crippen molar-refractivity contribution in [3.8, 4) is 17.5 Å². The minimum absolute atomic E-state index is 0.0616. The molecule has 0 fully saturated rings. The van der Waals surface area contributed by atoms with Crippen molar-refractivity contribution >= 4 is 23.3 Å². The number of halogens is 1. The zero-order chi connectivity index (χ0) is 9.42. The van der Waals surface area contributed by atoms with Crippen LogP contribution in [0, 0.1) is 11.3 Å². The summed E-state index contributed by atoms with van der Waals surface area (Å²) in [6.45, 7) is 0.